The van der Waals surface area contributed by atoms with Crippen LogP contribution in [-0.2, 0) is 19.4 Å². The SMILES string of the molecule is Cc1nc2n(c(=O)c1CCN1CCC(c3noc4cc(F)ccc34)CC1)CCCC2.O=C(O)c1cccnc1. The molecule has 0 atom stereocenters. The van der Waals surface area contributed by atoms with Crippen molar-refractivity contribution in [3.8, 4) is 0 Å². The summed E-state index contributed by atoms with van der Waals surface area (Å²) in [7, 11) is 0. The molecule has 204 valence electrons. The van der Waals surface area contributed by atoms with Crippen molar-refractivity contribution in [3.63, 3.8) is 0 Å². The maximum atomic E-state index is 13.4. The number of aromatic nitrogens is 4. The van der Waals surface area contributed by atoms with Crippen molar-refractivity contribution in [1.29, 1.82) is 0 Å². The molecule has 0 saturated carbocycles. The predicted molar refractivity (Wildman–Crippen MR) is 143 cm³/mol. The van der Waals surface area contributed by atoms with Crippen LogP contribution < -0.4 is 5.56 Å². The summed E-state index contributed by atoms with van der Waals surface area (Å²) in [6.45, 7) is 5.55. The topological polar surface area (TPSA) is 114 Å². The van der Waals surface area contributed by atoms with E-state index in [4.69, 9.17) is 14.6 Å². The molecule has 4 aromatic rings. The van der Waals surface area contributed by atoms with Gasteiger partial charge in [-0.1, -0.05) is 5.16 Å². The van der Waals surface area contributed by atoms with Crippen molar-refractivity contribution in [2.24, 2.45) is 0 Å². The Morgan fingerprint density at radius 2 is 2.00 bits per heavy atom. The number of nitrogens with zero attached hydrogens (tertiary/aromatic N) is 5. The largest absolute Gasteiger partial charge is 0.478 e. The lowest BCUT2D eigenvalue weighted by Crippen LogP contribution is -2.37. The van der Waals surface area contributed by atoms with Gasteiger partial charge in [-0.3, -0.25) is 14.3 Å². The molecule has 1 saturated heterocycles. The average Bonchev–Trinajstić information content (AvgIpc) is 3.37. The molecule has 2 aliphatic rings. The molecule has 10 heteroatoms. The van der Waals surface area contributed by atoms with E-state index in [0.717, 1.165) is 92.9 Å². The Morgan fingerprint density at radius 1 is 1.18 bits per heavy atom. The smallest absolute Gasteiger partial charge is 0.337 e. The molecule has 9 nitrogen and oxygen atoms in total. The van der Waals surface area contributed by atoms with Crippen LogP contribution >= 0.6 is 0 Å². The monoisotopic (exact) mass is 533 g/mol. The van der Waals surface area contributed by atoms with Gasteiger partial charge in [0.05, 0.1) is 11.3 Å². The lowest BCUT2D eigenvalue weighted by Gasteiger charge is -2.31. The van der Waals surface area contributed by atoms with Crippen LogP contribution in [0, 0.1) is 12.7 Å². The summed E-state index contributed by atoms with van der Waals surface area (Å²) in [5.41, 5.74) is 3.60. The maximum absolute atomic E-state index is 13.4. The van der Waals surface area contributed by atoms with Crippen molar-refractivity contribution in [1.82, 2.24) is 24.6 Å². The number of fused-ring (bicyclic) bond motifs is 2. The van der Waals surface area contributed by atoms with Gasteiger partial charge in [0.25, 0.3) is 5.56 Å². The van der Waals surface area contributed by atoms with Gasteiger partial charge in [-0.05, 0) is 76.4 Å². The Hall–Kier alpha value is -3.92. The summed E-state index contributed by atoms with van der Waals surface area (Å²) in [4.78, 5) is 33.8. The number of carboxylic acid groups (broad SMARTS) is 1. The molecule has 0 bridgehead atoms. The van der Waals surface area contributed by atoms with Crippen LogP contribution in [-0.4, -0.2) is 55.3 Å². The van der Waals surface area contributed by atoms with Gasteiger partial charge in [-0.15, -0.1) is 0 Å². The van der Waals surface area contributed by atoms with Gasteiger partial charge in [0.2, 0.25) is 0 Å². The fourth-order valence-electron chi connectivity index (χ4n) is 5.43. The third-order valence-electron chi connectivity index (χ3n) is 7.60. The Kier molecular flexibility index (Phi) is 8.11. The summed E-state index contributed by atoms with van der Waals surface area (Å²) in [5, 5.41) is 13.5. The molecule has 1 aromatic carbocycles. The summed E-state index contributed by atoms with van der Waals surface area (Å²) in [6.07, 6.45) is 8.65. The van der Waals surface area contributed by atoms with Gasteiger partial charge >= 0.3 is 5.97 Å². The minimum absolute atomic E-state index is 0.161. The number of carboxylic acids is 1. The lowest BCUT2D eigenvalue weighted by molar-refractivity contribution is 0.0696. The number of halogens is 1. The second kappa shape index (κ2) is 11.9. The van der Waals surface area contributed by atoms with E-state index in [1.807, 2.05) is 11.5 Å². The summed E-state index contributed by atoms with van der Waals surface area (Å²) in [5.74, 6) is 0.0322. The Bertz CT molecular complexity index is 1510. The standard InChI is InChI=1S/C23H27FN4O2.C6H5NO2/c1-15-18(23(29)28-10-3-2-4-21(28)25-15)9-13-27-11-7-16(8-12-27)22-19-6-5-17(24)14-20(19)30-26-22;8-6(9)5-2-1-3-7-4-5/h5-6,14,16H,2-4,7-13H2,1H3;1-4H,(H,8,9). The van der Waals surface area contributed by atoms with E-state index >= 15 is 0 Å². The van der Waals surface area contributed by atoms with Gasteiger partial charge < -0.3 is 14.5 Å². The maximum Gasteiger partial charge on any atom is 0.337 e. The van der Waals surface area contributed by atoms with Crippen LogP contribution in [0.3, 0.4) is 0 Å². The zero-order valence-electron chi connectivity index (χ0n) is 22.0. The normalized spacial score (nSPS) is 15.9. The van der Waals surface area contributed by atoms with E-state index < -0.39 is 5.97 Å². The van der Waals surface area contributed by atoms with Crippen LogP contribution in [0.2, 0.25) is 0 Å². The Labute approximate surface area is 225 Å². The number of rotatable bonds is 5. The van der Waals surface area contributed by atoms with E-state index in [1.54, 1.807) is 12.1 Å². The molecular weight excluding hydrogens is 501 g/mol. The molecule has 0 radical (unpaired) electrons. The number of carbonyl (C=O) groups is 1. The van der Waals surface area contributed by atoms with Crippen LogP contribution in [0.1, 0.15) is 64.7 Å². The highest BCUT2D eigenvalue weighted by atomic mass is 19.1. The first kappa shape index (κ1) is 26.7. The van der Waals surface area contributed by atoms with Crippen molar-refractivity contribution < 1.29 is 18.8 Å². The van der Waals surface area contributed by atoms with Crippen molar-refractivity contribution >= 4 is 16.9 Å². The summed E-state index contributed by atoms with van der Waals surface area (Å²) < 4.78 is 20.6. The number of hydrogen-bond acceptors (Lipinski definition) is 7. The highest BCUT2D eigenvalue weighted by Gasteiger charge is 2.26. The molecule has 5 heterocycles. The first-order chi connectivity index (χ1) is 18.9. The number of piperidine rings is 1. The number of likely N-dealkylation sites (tertiary alicyclic amines) is 1. The molecule has 0 amide bonds. The van der Waals surface area contributed by atoms with E-state index in [2.05, 4.69) is 15.0 Å². The molecule has 3 aromatic heterocycles. The molecule has 0 spiro atoms. The zero-order chi connectivity index (χ0) is 27.4. The van der Waals surface area contributed by atoms with E-state index in [9.17, 15) is 14.0 Å². The quantitative estimate of drug-likeness (QED) is 0.402. The van der Waals surface area contributed by atoms with Gasteiger partial charge in [-0.25, -0.2) is 14.2 Å². The molecule has 0 unspecified atom stereocenters. The molecule has 0 aliphatic carbocycles. The van der Waals surface area contributed by atoms with E-state index in [-0.39, 0.29) is 16.9 Å². The lowest BCUT2D eigenvalue weighted by atomic mass is 9.91. The van der Waals surface area contributed by atoms with Crippen molar-refractivity contribution in [3.05, 3.63) is 87.2 Å². The third kappa shape index (κ3) is 6.06. The van der Waals surface area contributed by atoms with Crippen molar-refractivity contribution in [2.45, 2.75) is 57.9 Å². The minimum atomic E-state index is -0.942. The van der Waals surface area contributed by atoms with Gasteiger partial charge in [0.15, 0.2) is 5.58 Å². The van der Waals surface area contributed by atoms with Gasteiger partial charge in [0.1, 0.15) is 11.6 Å². The molecule has 39 heavy (non-hydrogen) atoms. The molecule has 1 fully saturated rings. The number of pyridine rings is 1. The molecule has 2 aliphatic heterocycles. The number of aromatic carboxylic acids is 1. The number of hydrogen-bond donors (Lipinski definition) is 1. The second-order valence-electron chi connectivity index (χ2n) is 10.1. The first-order valence-corrected chi connectivity index (χ1v) is 13.4. The third-order valence-corrected chi connectivity index (χ3v) is 7.60. The number of aryl methyl sites for hydroxylation is 2. The fraction of sp³-hybridized carbons (Fsp3) is 0.414. The van der Waals surface area contributed by atoms with Crippen LogP contribution in [0.5, 0.6) is 0 Å². The van der Waals surface area contributed by atoms with Crippen LogP contribution in [0.15, 0.2) is 52.0 Å². The Balaban J connectivity index is 0.000000292. The summed E-state index contributed by atoms with van der Waals surface area (Å²) in [6, 6.07) is 7.71. The Morgan fingerprint density at radius 3 is 2.72 bits per heavy atom. The predicted octanol–water partition coefficient (Wildman–Crippen LogP) is 4.37. The van der Waals surface area contributed by atoms with Crippen molar-refractivity contribution in [2.75, 3.05) is 19.6 Å². The van der Waals surface area contributed by atoms with E-state index in [0.29, 0.717) is 11.5 Å². The highest BCUT2D eigenvalue weighted by molar-refractivity contribution is 5.86. The van der Waals surface area contributed by atoms with Crippen LogP contribution in [0.25, 0.3) is 11.0 Å². The zero-order valence-corrected chi connectivity index (χ0v) is 22.0. The van der Waals surface area contributed by atoms with Crippen LogP contribution in [0.4, 0.5) is 4.39 Å². The fourth-order valence-corrected chi connectivity index (χ4v) is 5.43. The number of benzene rings is 1. The molecule has 6 rings (SSSR count). The highest BCUT2D eigenvalue weighted by Crippen LogP contribution is 2.32. The summed E-state index contributed by atoms with van der Waals surface area (Å²) >= 11 is 0. The molecular formula is C29H32FN5O4. The second-order valence-corrected chi connectivity index (χ2v) is 10.1. The molecule has 1 N–H and O–H groups in total. The van der Waals surface area contributed by atoms with E-state index in [1.165, 1.54) is 30.6 Å². The van der Waals surface area contributed by atoms with Gasteiger partial charge in [-0.2, -0.15) is 0 Å². The van der Waals surface area contributed by atoms with Gasteiger partial charge in [0, 0.05) is 60.5 Å². The first-order valence-electron chi connectivity index (χ1n) is 13.4. The minimum Gasteiger partial charge on any atom is -0.478 e. The average molecular weight is 534 g/mol.